The highest BCUT2D eigenvalue weighted by atomic mass is 35.5. The van der Waals surface area contributed by atoms with Crippen molar-refractivity contribution >= 4 is 33.2 Å². The molecule has 0 fully saturated rings. The number of rotatable bonds is 9. The Balaban J connectivity index is 1.54. The SMILES string of the molecule is Cc1ccc(Cl)cc1N(Cc1ccc(C(=O)NC[C@H](C)c2ccccc2)cc1)S(=O)(=O)c1ccccc1. The van der Waals surface area contributed by atoms with Gasteiger partial charge in [-0.15, -0.1) is 0 Å². The van der Waals surface area contributed by atoms with E-state index in [9.17, 15) is 13.2 Å². The molecule has 0 aromatic heterocycles. The van der Waals surface area contributed by atoms with Crippen LogP contribution in [0, 0.1) is 6.92 Å². The molecule has 1 amide bonds. The lowest BCUT2D eigenvalue weighted by molar-refractivity contribution is 0.0951. The zero-order chi connectivity index (χ0) is 26.4. The van der Waals surface area contributed by atoms with Crippen molar-refractivity contribution in [1.82, 2.24) is 5.32 Å². The summed E-state index contributed by atoms with van der Waals surface area (Å²) in [5, 5.41) is 3.43. The zero-order valence-corrected chi connectivity index (χ0v) is 22.3. The van der Waals surface area contributed by atoms with Crippen LogP contribution in [0.2, 0.25) is 5.02 Å². The van der Waals surface area contributed by atoms with Crippen molar-refractivity contribution < 1.29 is 13.2 Å². The van der Waals surface area contributed by atoms with Gasteiger partial charge in [0.15, 0.2) is 0 Å². The molecule has 1 atom stereocenters. The number of amides is 1. The summed E-state index contributed by atoms with van der Waals surface area (Å²) in [6.07, 6.45) is 0. The molecule has 0 saturated carbocycles. The van der Waals surface area contributed by atoms with E-state index in [0.29, 0.717) is 22.8 Å². The maximum atomic E-state index is 13.7. The number of benzene rings is 4. The lowest BCUT2D eigenvalue weighted by Gasteiger charge is -2.26. The third-order valence-electron chi connectivity index (χ3n) is 6.25. The second-order valence-corrected chi connectivity index (χ2v) is 11.3. The van der Waals surface area contributed by atoms with Crippen LogP contribution in [0.15, 0.2) is 108 Å². The minimum Gasteiger partial charge on any atom is -0.351 e. The lowest BCUT2D eigenvalue weighted by atomic mass is 10.0. The number of carbonyl (C=O) groups excluding carboxylic acids is 1. The highest BCUT2D eigenvalue weighted by Gasteiger charge is 2.26. The van der Waals surface area contributed by atoms with Crippen LogP contribution in [0.25, 0.3) is 0 Å². The van der Waals surface area contributed by atoms with E-state index in [2.05, 4.69) is 12.2 Å². The van der Waals surface area contributed by atoms with Gasteiger partial charge in [0.1, 0.15) is 0 Å². The van der Waals surface area contributed by atoms with Crippen LogP contribution in [0.3, 0.4) is 0 Å². The van der Waals surface area contributed by atoms with E-state index in [-0.39, 0.29) is 23.3 Å². The summed E-state index contributed by atoms with van der Waals surface area (Å²) in [5.41, 5.74) is 3.71. The van der Waals surface area contributed by atoms with Gasteiger partial charge in [-0.2, -0.15) is 0 Å². The Hall–Kier alpha value is -3.61. The number of nitrogens with zero attached hydrogens (tertiary/aromatic N) is 1. The van der Waals surface area contributed by atoms with E-state index in [1.54, 1.807) is 72.8 Å². The average molecular weight is 533 g/mol. The van der Waals surface area contributed by atoms with E-state index in [1.165, 1.54) is 4.31 Å². The molecule has 1 N–H and O–H groups in total. The van der Waals surface area contributed by atoms with Crippen molar-refractivity contribution in [3.63, 3.8) is 0 Å². The maximum absolute atomic E-state index is 13.7. The predicted molar refractivity (Wildman–Crippen MR) is 150 cm³/mol. The number of hydrogen-bond donors (Lipinski definition) is 1. The molecule has 0 saturated heterocycles. The first kappa shape index (κ1) is 26.5. The van der Waals surface area contributed by atoms with Crippen molar-refractivity contribution in [3.8, 4) is 0 Å². The molecule has 0 aliphatic rings. The summed E-state index contributed by atoms with van der Waals surface area (Å²) in [5.74, 6) is 0.0101. The van der Waals surface area contributed by atoms with Crippen LogP contribution in [-0.4, -0.2) is 20.9 Å². The van der Waals surface area contributed by atoms with Crippen LogP contribution in [0.5, 0.6) is 0 Å². The molecule has 0 unspecified atom stereocenters. The van der Waals surface area contributed by atoms with E-state index in [1.807, 2.05) is 37.3 Å². The van der Waals surface area contributed by atoms with Gasteiger partial charge in [-0.25, -0.2) is 8.42 Å². The molecule has 4 aromatic carbocycles. The molecule has 4 rings (SSSR count). The van der Waals surface area contributed by atoms with Gasteiger partial charge in [0, 0.05) is 17.1 Å². The second-order valence-electron chi connectivity index (χ2n) is 8.97. The van der Waals surface area contributed by atoms with E-state index in [0.717, 1.165) is 16.7 Å². The number of halogens is 1. The summed E-state index contributed by atoms with van der Waals surface area (Å²) in [4.78, 5) is 12.9. The molecular formula is C30H29ClN2O3S. The first-order valence-electron chi connectivity index (χ1n) is 12.0. The van der Waals surface area contributed by atoms with Crippen LogP contribution in [0.1, 0.15) is 39.9 Å². The first-order chi connectivity index (χ1) is 17.8. The minimum absolute atomic E-state index is 0.0886. The fourth-order valence-electron chi connectivity index (χ4n) is 4.05. The molecule has 4 aromatic rings. The normalized spacial score (nSPS) is 12.1. The number of hydrogen-bond acceptors (Lipinski definition) is 3. The van der Waals surface area contributed by atoms with Crippen molar-refractivity contribution in [2.75, 3.05) is 10.8 Å². The fourth-order valence-corrected chi connectivity index (χ4v) is 5.74. The Morgan fingerprint density at radius 1 is 0.892 bits per heavy atom. The van der Waals surface area contributed by atoms with E-state index < -0.39 is 10.0 Å². The van der Waals surface area contributed by atoms with Gasteiger partial charge < -0.3 is 5.32 Å². The molecule has 5 nitrogen and oxygen atoms in total. The topological polar surface area (TPSA) is 66.5 Å². The van der Waals surface area contributed by atoms with Crippen LogP contribution < -0.4 is 9.62 Å². The van der Waals surface area contributed by atoms with Crippen LogP contribution >= 0.6 is 11.6 Å². The van der Waals surface area contributed by atoms with Gasteiger partial charge in [-0.1, -0.05) is 85.3 Å². The maximum Gasteiger partial charge on any atom is 0.264 e. The Morgan fingerprint density at radius 2 is 1.51 bits per heavy atom. The Bertz CT molecular complexity index is 1460. The number of sulfonamides is 1. The van der Waals surface area contributed by atoms with E-state index >= 15 is 0 Å². The average Bonchev–Trinajstić information content (AvgIpc) is 2.93. The monoisotopic (exact) mass is 532 g/mol. The molecule has 0 radical (unpaired) electrons. The third kappa shape index (κ3) is 6.40. The van der Waals surface area contributed by atoms with Crippen molar-refractivity contribution in [3.05, 3.63) is 130 Å². The molecular weight excluding hydrogens is 504 g/mol. The van der Waals surface area contributed by atoms with Crippen molar-refractivity contribution in [2.45, 2.75) is 31.2 Å². The minimum atomic E-state index is -3.87. The Labute approximate surface area is 223 Å². The summed E-state index contributed by atoms with van der Waals surface area (Å²) in [6, 6.07) is 30.5. The van der Waals surface area contributed by atoms with Gasteiger partial charge in [-0.05, 0) is 65.9 Å². The van der Waals surface area contributed by atoms with Gasteiger partial charge in [0.2, 0.25) is 0 Å². The lowest BCUT2D eigenvalue weighted by Crippen LogP contribution is -2.31. The zero-order valence-electron chi connectivity index (χ0n) is 20.8. The largest absolute Gasteiger partial charge is 0.351 e. The first-order valence-corrected chi connectivity index (χ1v) is 13.8. The number of anilines is 1. The summed E-state index contributed by atoms with van der Waals surface area (Å²) >= 11 is 6.24. The molecule has 0 bridgehead atoms. The fraction of sp³-hybridized carbons (Fsp3) is 0.167. The summed E-state index contributed by atoms with van der Waals surface area (Å²) in [7, 11) is -3.87. The van der Waals surface area contributed by atoms with Gasteiger partial charge in [-0.3, -0.25) is 9.10 Å². The van der Waals surface area contributed by atoms with Crippen LogP contribution in [0.4, 0.5) is 5.69 Å². The number of nitrogens with one attached hydrogen (secondary N) is 1. The predicted octanol–water partition coefficient (Wildman–Crippen LogP) is 6.58. The van der Waals surface area contributed by atoms with Crippen molar-refractivity contribution in [2.24, 2.45) is 0 Å². The van der Waals surface area contributed by atoms with Gasteiger partial charge in [0.05, 0.1) is 17.1 Å². The molecule has 0 aliphatic heterocycles. The van der Waals surface area contributed by atoms with Gasteiger partial charge in [0.25, 0.3) is 15.9 Å². The highest BCUT2D eigenvalue weighted by Crippen LogP contribution is 2.31. The molecule has 37 heavy (non-hydrogen) atoms. The standard InChI is InChI=1S/C30H29ClN2O3S/c1-22-13-18-27(31)19-29(22)33(37(35,36)28-11-7-4-8-12-28)21-24-14-16-26(17-15-24)30(34)32-20-23(2)25-9-5-3-6-10-25/h3-19,23H,20-21H2,1-2H3,(H,32,34)/t23-/m0/s1. The molecule has 7 heteroatoms. The molecule has 0 spiro atoms. The second kappa shape index (κ2) is 11.6. The van der Waals surface area contributed by atoms with Crippen LogP contribution in [-0.2, 0) is 16.6 Å². The third-order valence-corrected chi connectivity index (χ3v) is 8.26. The molecule has 0 aliphatic carbocycles. The molecule has 190 valence electrons. The highest BCUT2D eigenvalue weighted by molar-refractivity contribution is 7.92. The van der Waals surface area contributed by atoms with Crippen molar-refractivity contribution in [1.29, 1.82) is 0 Å². The quantitative estimate of drug-likeness (QED) is 0.265. The van der Waals surface area contributed by atoms with Gasteiger partial charge >= 0.3 is 0 Å². The number of carbonyl (C=O) groups is 1. The summed E-state index contributed by atoms with van der Waals surface area (Å²) < 4.78 is 28.7. The summed E-state index contributed by atoms with van der Waals surface area (Å²) in [6.45, 7) is 4.52. The molecule has 0 heterocycles. The Morgan fingerprint density at radius 3 is 2.16 bits per heavy atom. The Kier molecular flexibility index (Phi) is 8.31. The smallest absolute Gasteiger partial charge is 0.264 e. The number of aryl methyl sites for hydroxylation is 1. The van der Waals surface area contributed by atoms with E-state index in [4.69, 9.17) is 11.6 Å².